The monoisotopic (exact) mass is 277 g/mol. The molecule has 20 heavy (non-hydrogen) atoms. The molecule has 1 rings (SSSR count). The molecule has 108 valence electrons. The largest absolute Gasteiger partial charge is 0.483 e. The smallest absolute Gasteiger partial charge is 0.323 e. The van der Waals surface area contributed by atoms with Crippen LogP contribution in [0.1, 0.15) is 11.1 Å². The predicted molar refractivity (Wildman–Crippen MR) is 75.8 cm³/mol. The minimum Gasteiger partial charge on any atom is -0.483 e. The van der Waals surface area contributed by atoms with Crippen LogP contribution in [-0.2, 0) is 9.59 Å². The summed E-state index contributed by atoms with van der Waals surface area (Å²) in [7, 11) is 0. The quantitative estimate of drug-likeness (QED) is 0.771. The van der Waals surface area contributed by atoms with Gasteiger partial charge >= 0.3 is 5.97 Å². The lowest BCUT2D eigenvalue weighted by molar-refractivity contribution is -0.144. The van der Waals surface area contributed by atoms with Gasteiger partial charge in [0.25, 0.3) is 5.91 Å². The highest BCUT2D eigenvalue weighted by molar-refractivity contribution is 5.82. The third kappa shape index (κ3) is 4.76. The zero-order valence-electron chi connectivity index (χ0n) is 11.8. The molecule has 0 saturated heterocycles. The van der Waals surface area contributed by atoms with Gasteiger partial charge in [-0.1, -0.05) is 18.2 Å². The van der Waals surface area contributed by atoms with E-state index in [2.05, 4.69) is 6.58 Å². The first kappa shape index (κ1) is 15.8. The van der Waals surface area contributed by atoms with E-state index in [1.54, 1.807) is 0 Å². The van der Waals surface area contributed by atoms with Gasteiger partial charge in [-0.2, -0.15) is 0 Å². The number of hydrogen-bond donors (Lipinski definition) is 1. The number of aliphatic carboxylic acids is 1. The molecule has 0 aliphatic heterocycles. The second-order valence-corrected chi connectivity index (χ2v) is 4.51. The Hall–Kier alpha value is -2.30. The molecule has 0 aromatic heterocycles. The Kier molecular flexibility index (Phi) is 5.77. The molecule has 1 aromatic rings. The normalized spacial score (nSPS) is 9.90. The van der Waals surface area contributed by atoms with Crippen LogP contribution in [0.4, 0.5) is 0 Å². The average molecular weight is 277 g/mol. The molecule has 5 heteroatoms. The Balaban J connectivity index is 2.66. The van der Waals surface area contributed by atoms with Gasteiger partial charge < -0.3 is 14.7 Å². The molecular weight excluding hydrogens is 258 g/mol. The van der Waals surface area contributed by atoms with Crippen LogP contribution in [0.2, 0.25) is 0 Å². The molecule has 0 saturated carbocycles. The van der Waals surface area contributed by atoms with Crippen molar-refractivity contribution in [3.63, 3.8) is 0 Å². The summed E-state index contributed by atoms with van der Waals surface area (Å²) < 4.78 is 5.47. The fraction of sp³-hybridized carbons (Fsp3) is 0.333. The molecule has 1 aromatic carbocycles. The third-order valence-corrected chi connectivity index (χ3v) is 2.72. The molecule has 0 fully saturated rings. The van der Waals surface area contributed by atoms with Crippen LogP contribution >= 0.6 is 0 Å². The Bertz CT molecular complexity index is 511. The summed E-state index contributed by atoms with van der Waals surface area (Å²) >= 11 is 0. The number of rotatable bonds is 7. The van der Waals surface area contributed by atoms with Crippen molar-refractivity contribution in [2.75, 3.05) is 19.7 Å². The number of hydrogen-bond acceptors (Lipinski definition) is 3. The number of nitrogens with zero attached hydrogens (tertiary/aromatic N) is 1. The SMILES string of the molecule is C=CCN(CC(=O)O)C(=O)COc1cc(C)ccc1C. The van der Waals surface area contributed by atoms with Crippen LogP contribution in [0.3, 0.4) is 0 Å². The first-order valence-electron chi connectivity index (χ1n) is 6.24. The molecule has 0 aliphatic carbocycles. The molecule has 0 unspecified atom stereocenters. The van der Waals surface area contributed by atoms with Gasteiger partial charge in [0.1, 0.15) is 12.3 Å². The first-order valence-corrected chi connectivity index (χ1v) is 6.24. The number of carbonyl (C=O) groups excluding carboxylic acids is 1. The third-order valence-electron chi connectivity index (χ3n) is 2.72. The van der Waals surface area contributed by atoms with Crippen LogP contribution in [0, 0.1) is 13.8 Å². The van der Waals surface area contributed by atoms with E-state index in [9.17, 15) is 9.59 Å². The van der Waals surface area contributed by atoms with Crippen molar-refractivity contribution < 1.29 is 19.4 Å². The van der Waals surface area contributed by atoms with E-state index in [4.69, 9.17) is 9.84 Å². The molecule has 0 atom stereocenters. The lowest BCUT2D eigenvalue weighted by Crippen LogP contribution is -2.38. The van der Waals surface area contributed by atoms with Crippen molar-refractivity contribution >= 4 is 11.9 Å². The number of carboxylic acid groups (broad SMARTS) is 1. The second kappa shape index (κ2) is 7.33. The summed E-state index contributed by atoms with van der Waals surface area (Å²) in [6, 6.07) is 5.71. The van der Waals surface area contributed by atoms with Crippen LogP contribution in [0.25, 0.3) is 0 Å². The van der Waals surface area contributed by atoms with Crippen LogP contribution in [-0.4, -0.2) is 41.6 Å². The van der Waals surface area contributed by atoms with Gasteiger partial charge in [0, 0.05) is 6.54 Å². The van der Waals surface area contributed by atoms with E-state index in [0.717, 1.165) is 11.1 Å². The van der Waals surface area contributed by atoms with E-state index in [0.29, 0.717) is 5.75 Å². The van der Waals surface area contributed by atoms with Crippen molar-refractivity contribution in [2.24, 2.45) is 0 Å². The standard InChI is InChI=1S/C15H19NO4/c1-4-7-16(9-15(18)19)14(17)10-20-13-8-11(2)5-6-12(13)3/h4-6,8H,1,7,9-10H2,2-3H3,(H,18,19). The predicted octanol–water partition coefficient (Wildman–Crippen LogP) is 1.78. The molecule has 0 bridgehead atoms. The molecule has 0 radical (unpaired) electrons. The van der Waals surface area contributed by atoms with E-state index < -0.39 is 5.97 Å². The van der Waals surface area contributed by atoms with Crippen molar-refractivity contribution in [1.82, 2.24) is 4.90 Å². The van der Waals surface area contributed by atoms with E-state index in [-0.39, 0.29) is 25.6 Å². The lowest BCUT2D eigenvalue weighted by atomic mass is 10.1. The van der Waals surface area contributed by atoms with Gasteiger partial charge in [0.05, 0.1) is 0 Å². The highest BCUT2D eigenvalue weighted by Crippen LogP contribution is 2.19. The van der Waals surface area contributed by atoms with Crippen molar-refractivity contribution in [1.29, 1.82) is 0 Å². The minimum atomic E-state index is -1.06. The molecule has 0 aliphatic rings. The van der Waals surface area contributed by atoms with Gasteiger partial charge in [-0.15, -0.1) is 6.58 Å². The summed E-state index contributed by atoms with van der Waals surface area (Å²) in [4.78, 5) is 23.8. The summed E-state index contributed by atoms with van der Waals surface area (Å²) in [5.41, 5.74) is 1.96. The number of carbonyl (C=O) groups is 2. The van der Waals surface area contributed by atoms with Gasteiger partial charge in [0.15, 0.2) is 6.61 Å². The molecule has 1 amide bonds. The Morgan fingerprint density at radius 1 is 1.40 bits per heavy atom. The Morgan fingerprint density at radius 2 is 2.10 bits per heavy atom. The van der Waals surface area contributed by atoms with Gasteiger partial charge in [-0.3, -0.25) is 9.59 Å². The summed E-state index contributed by atoms with van der Waals surface area (Å²) in [5, 5.41) is 8.76. The highest BCUT2D eigenvalue weighted by atomic mass is 16.5. The van der Waals surface area contributed by atoms with Gasteiger partial charge in [0.2, 0.25) is 0 Å². The molecule has 0 spiro atoms. The topological polar surface area (TPSA) is 66.8 Å². The van der Waals surface area contributed by atoms with Crippen LogP contribution in [0.15, 0.2) is 30.9 Å². The molecule has 0 heterocycles. The maximum Gasteiger partial charge on any atom is 0.323 e. The second-order valence-electron chi connectivity index (χ2n) is 4.51. The first-order chi connectivity index (χ1) is 9.43. The van der Waals surface area contributed by atoms with E-state index in [1.165, 1.54) is 11.0 Å². The van der Waals surface area contributed by atoms with Crippen molar-refractivity contribution in [2.45, 2.75) is 13.8 Å². The van der Waals surface area contributed by atoms with E-state index >= 15 is 0 Å². The zero-order valence-corrected chi connectivity index (χ0v) is 11.8. The summed E-state index contributed by atoms with van der Waals surface area (Å²) in [6.07, 6.45) is 1.48. The molecule has 1 N–H and O–H groups in total. The molecular formula is C15H19NO4. The summed E-state index contributed by atoms with van der Waals surface area (Å²) in [5.74, 6) is -0.813. The van der Waals surface area contributed by atoms with Gasteiger partial charge in [-0.05, 0) is 31.0 Å². The van der Waals surface area contributed by atoms with Crippen LogP contribution in [0.5, 0.6) is 5.75 Å². The summed E-state index contributed by atoms with van der Waals surface area (Å²) in [6.45, 7) is 6.96. The van der Waals surface area contributed by atoms with Gasteiger partial charge in [-0.25, -0.2) is 0 Å². The fourth-order valence-corrected chi connectivity index (χ4v) is 1.67. The minimum absolute atomic E-state index is 0.182. The average Bonchev–Trinajstić information content (AvgIpc) is 2.38. The maximum absolute atomic E-state index is 11.9. The number of carboxylic acids is 1. The molecule has 5 nitrogen and oxygen atoms in total. The van der Waals surface area contributed by atoms with Crippen molar-refractivity contribution in [3.8, 4) is 5.75 Å². The zero-order chi connectivity index (χ0) is 15.1. The number of amides is 1. The van der Waals surface area contributed by atoms with Crippen molar-refractivity contribution in [3.05, 3.63) is 42.0 Å². The Morgan fingerprint density at radius 3 is 2.70 bits per heavy atom. The van der Waals surface area contributed by atoms with Crippen LogP contribution < -0.4 is 4.74 Å². The van der Waals surface area contributed by atoms with E-state index in [1.807, 2.05) is 32.0 Å². The number of ether oxygens (including phenoxy) is 1. The fourth-order valence-electron chi connectivity index (χ4n) is 1.67. The number of benzene rings is 1. The Labute approximate surface area is 118 Å². The highest BCUT2D eigenvalue weighted by Gasteiger charge is 2.16. The lowest BCUT2D eigenvalue weighted by Gasteiger charge is -2.19. The maximum atomic E-state index is 11.9. The number of aryl methyl sites for hydroxylation is 2.